The third-order valence-electron chi connectivity index (χ3n) is 5.88. The van der Waals surface area contributed by atoms with Crippen molar-refractivity contribution in [3.8, 4) is 11.3 Å². The van der Waals surface area contributed by atoms with Gasteiger partial charge in [-0.3, -0.25) is 14.6 Å². The molecular formula is C23H29N5O2. The summed E-state index contributed by atoms with van der Waals surface area (Å²) >= 11 is 0. The van der Waals surface area contributed by atoms with E-state index in [0.717, 1.165) is 24.2 Å². The molecule has 0 bridgehead atoms. The van der Waals surface area contributed by atoms with Crippen molar-refractivity contribution in [2.75, 3.05) is 31.1 Å². The Balaban J connectivity index is 1.58. The molecule has 0 radical (unpaired) electrons. The van der Waals surface area contributed by atoms with Gasteiger partial charge in [-0.1, -0.05) is 13.0 Å². The lowest BCUT2D eigenvalue weighted by Crippen LogP contribution is -2.62. The number of nitrogens with zero attached hydrogens (tertiary/aromatic N) is 3. The molecule has 1 aliphatic carbocycles. The second kappa shape index (κ2) is 8.83. The van der Waals surface area contributed by atoms with E-state index in [1.54, 1.807) is 17.2 Å². The van der Waals surface area contributed by atoms with Gasteiger partial charge in [-0.2, -0.15) is 0 Å². The summed E-state index contributed by atoms with van der Waals surface area (Å²) in [6, 6.07) is 6.17. The first-order chi connectivity index (χ1) is 14.6. The fourth-order valence-corrected chi connectivity index (χ4v) is 3.81. The zero-order valence-electron chi connectivity index (χ0n) is 17.4. The number of carbonyl (C=O) groups is 1. The van der Waals surface area contributed by atoms with Crippen LogP contribution in [0.5, 0.6) is 0 Å². The van der Waals surface area contributed by atoms with E-state index in [-0.39, 0.29) is 17.5 Å². The summed E-state index contributed by atoms with van der Waals surface area (Å²) in [5.41, 5.74) is 8.97. The minimum absolute atomic E-state index is 0.0219. The normalized spacial score (nSPS) is 16.7. The van der Waals surface area contributed by atoms with Crippen LogP contribution in [0.2, 0.25) is 0 Å². The summed E-state index contributed by atoms with van der Waals surface area (Å²) in [6.45, 7) is 4.55. The standard InChI is InChI=1S/C23H29N5O2/c1-2-16-7-9-25-20(10-16)18-11-21(23(30)26-12-18)28(13-17-5-6-17)19-14-27(15-19)22(29)4-3-8-24/h3-4,7,9-12,17,19H,2,5-6,8,13-15,24H2,1H3,(H,26,30)/b4-3+. The highest BCUT2D eigenvalue weighted by Gasteiger charge is 2.37. The Bertz CT molecular complexity index is 989. The number of nitrogens with one attached hydrogen (secondary N) is 1. The number of rotatable bonds is 8. The summed E-state index contributed by atoms with van der Waals surface area (Å²) in [7, 11) is 0. The van der Waals surface area contributed by atoms with Crippen molar-refractivity contribution >= 4 is 11.6 Å². The lowest BCUT2D eigenvalue weighted by molar-refractivity contribution is -0.130. The number of likely N-dealkylation sites (tertiary alicyclic amines) is 1. The van der Waals surface area contributed by atoms with Gasteiger partial charge in [-0.25, -0.2) is 0 Å². The Morgan fingerprint density at radius 2 is 2.17 bits per heavy atom. The van der Waals surface area contributed by atoms with E-state index in [4.69, 9.17) is 5.73 Å². The van der Waals surface area contributed by atoms with Gasteiger partial charge in [-0.05, 0) is 48.9 Å². The molecule has 158 valence electrons. The molecular weight excluding hydrogens is 378 g/mol. The van der Waals surface area contributed by atoms with Crippen LogP contribution < -0.4 is 16.2 Å². The van der Waals surface area contributed by atoms with Crippen molar-refractivity contribution in [2.24, 2.45) is 11.7 Å². The van der Waals surface area contributed by atoms with Crippen LogP contribution in [0.25, 0.3) is 11.3 Å². The highest BCUT2D eigenvalue weighted by atomic mass is 16.2. The monoisotopic (exact) mass is 407 g/mol. The first kappa shape index (κ1) is 20.3. The predicted octanol–water partition coefficient (Wildman–Crippen LogP) is 1.94. The highest BCUT2D eigenvalue weighted by Crippen LogP contribution is 2.33. The maximum Gasteiger partial charge on any atom is 0.271 e. The molecule has 0 spiro atoms. The van der Waals surface area contributed by atoms with Gasteiger partial charge in [0.05, 0.1) is 11.7 Å². The van der Waals surface area contributed by atoms with Gasteiger partial charge in [0.1, 0.15) is 5.69 Å². The highest BCUT2D eigenvalue weighted by molar-refractivity contribution is 5.88. The van der Waals surface area contributed by atoms with Crippen molar-refractivity contribution in [3.63, 3.8) is 0 Å². The molecule has 7 heteroatoms. The summed E-state index contributed by atoms with van der Waals surface area (Å²) in [6.07, 6.45) is 10.1. The van der Waals surface area contributed by atoms with Gasteiger partial charge in [-0.15, -0.1) is 0 Å². The molecule has 3 heterocycles. The molecule has 1 saturated heterocycles. The van der Waals surface area contributed by atoms with Crippen LogP contribution in [-0.4, -0.2) is 53.0 Å². The molecule has 2 aliphatic rings. The number of aromatic amines is 1. The zero-order valence-corrected chi connectivity index (χ0v) is 17.4. The van der Waals surface area contributed by atoms with Crippen LogP contribution in [0.4, 0.5) is 5.69 Å². The molecule has 0 unspecified atom stereocenters. The SMILES string of the molecule is CCc1ccnc(-c2c[nH]c(=O)c(N(CC3CC3)C3CN(C(=O)/C=C/CN)C3)c2)c1. The molecule has 2 aromatic rings. The molecule has 4 rings (SSSR count). The average molecular weight is 408 g/mol. The third-order valence-corrected chi connectivity index (χ3v) is 5.88. The largest absolute Gasteiger partial charge is 0.360 e. The predicted molar refractivity (Wildman–Crippen MR) is 118 cm³/mol. The van der Waals surface area contributed by atoms with E-state index in [0.29, 0.717) is 31.2 Å². The molecule has 0 atom stereocenters. The Kier molecular flexibility index (Phi) is 5.99. The number of hydrogen-bond donors (Lipinski definition) is 2. The maximum atomic E-state index is 12.7. The fourth-order valence-electron chi connectivity index (χ4n) is 3.81. The summed E-state index contributed by atoms with van der Waals surface area (Å²) < 4.78 is 0. The van der Waals surface area contributed by atoms with Crippen molar-refractivity contribution in [2.45, 2.75) is 32.2 Å². The lowest BCUT2D eigenvalue weighted by atomic mass is 10.0. The van der Waals surface area contributed by atoms with Gasteiger partial charge >= 0.3 is 0 Å². The number of H-pyrrole nitrogens is 1. The zero-order chi connectivity index (χ0) is 21.1. The molecule has 7 nitrogen and oxygen atoms in total. The van der Waals surface area contributed by atoms with Crippen LogP contribution in [0.3, 0.4) is 0 Å². The Labute approximate surface area is 176 Å². The molecule has 2 fully saturated rings. The molecule has 0 aromatic carbocycles. The van der Waals surface area contributed by atoms with Gasteiger partial charge in [0.15, 0.2) is 0 Å². The van der Waals surface area contributed by atoms with Crippen LogP contribution in [0.15, 0.2) is 47.5 Å². The van der Waals surface area contributed by atoms with Crippen molar-refractivity contribution < 1.29 is 4.79 Å². The van der Waals surface area contributed by atoms with E-state index >= 15 is 0 Å². The van der Waals surface area contributed by atoms with E-state index < -0.39 is 0 Å². The van der Waals surface area contributed by atoms with E-state index in [1.165, 1.54) is 24.5 Å². The number of amides is 1. The van der Waals surface area contributed by atoms with Crippen LogP contribution in [0, 0.1) is 5.92 Å². The summed E-state index contributed by atoms with van der Waals surface area (Å²) in [5.74, 6) is 0.600. The molecule has 1 amide bonds. The smallest absolute Gasteiger partial charge is 0.271 e. The minimum Gasteiger partial charge on any atom is -0.360 e. The molecule has 1 saturated carbocycles. The number of aromatic nitrogens is 2. The number of pyridine rings is 2. The van der Waals surface area contributed by atoms with E-state index in [9.17, 15) is 9.59 Å². The average Bonchev–Trinajstić information content (AvgIpc) is 3.55. The maximum absolute atomic E-state index is 12.7. The van der Waals surface area contributed by atoms with Gasteiger partial charge < -0.3 is 20.5 Å². The van der Waals surface area contributed by atoms with E-state index in [1.807, 2.05) is 18.3 Å². The van der Waals surface area contributed by atoms with Crippen molar-refractivity contribution in [3.05, 3.63) is 58.7 Å². The molecule has 2 aromatic heterocycles. The topological polar surface area (TPSA) is 95.3 Å². The molecule has 1 aliphatic heterocycles. The van der Waals surface area contributed by atoms with Crippen LogP contribution in [0.1, 0.15) is 25.3 Å². The van der Waals surface area contributed by atoms with E-state index in [2.05, 4.69) is 27.9 Å². The quantitative estimate of drug-likeness (QED) is 0.652. The minimum atomic E-state index is -0.0983. The number of aryl methyl sites for hydroxylation is 1. The lowest BCUT2D eigenvalue weighted by Gasteiger charge is -2.46. The van der Waals surface area contributed by atoms with Gasteiger partial charge in [0.2, 0.25) is 5.91 Å². The Morgan fingerprint density at radius 1 is 1.37 bits per heavy atom. The number of carbonyl (C=O) groups excluding carboxylic acids is 1. The van der Waals surface area contributed by atoms with Crippen LogP contribution >= 0.6 is 0 Å². The van der Waals surface area contributed by atoms with Crippen LogP contribution in [-0.2, 0) is 11.2 Å². The van der Waals surface area contributed by atoms with Crippen molar-refractivity contribution in [1.82, 2.24) is 14.9 Å². The summed E-state index contributed by atoms with van der Waals surface area (Å²) in [5, 5.41) is 0. The Hall–Kier alpha value is -2.93. The first-order valence-corrected chi connectivity index (χ1v) is 10.7. The fraction of sp³-hybridized carbons (Fsp3) is 0.435. The molecule has 3 N–H and O–H groups in total. The third kappa shape index (κ3) is 4.46. The number of hydrogen-bond acceptors (Lipinski definition) is 5. The number of anilines is 1. The summed E-state index contributed by atoms with van der Waals surface area (Å²) in [4.78, 5) is 36.3. The van der Waals surface area contributed by atoms with Gasteiger partial charge in [0, 0.05) is 50.2 Å². The first-order valence-electron chi connectivity index (χ1n) is 10.7. The Morgan fingerprint density at radius 3 is 2.87 bits per heavy atom. The number of nitrogens with two attached hydrogens (primary N) is 1. The molecule has 30 heavy (non-hydrogen) atoms. The van der Waals surface area contributed by atoms with Gasteiger partial charge in [0.25, 0.3) is 5.56 Å². The second-order valence-electron chi connectivity index (χ2n) is 8.14. The van der Waals surface area contributed by atoms with Crippen molar-refractivity contribution in [1.29, 1.82) is 0 Å². The second-order valence-corrected chi connectivity index (χ2v) is 8.14.